The zero-order valence-electron chi connectivity index (χ0n) is 15.2. The van der Waals surface area contributed by atoms with Gasteiger partial charge in [-0.2, -0.15) is 0 Å². The van der Waals surface area contributed by atoms with Crippen molar-refractivity contribution in [3.05, 3.63) is 50.7 Å². The first kappa shape index (κ1) is 20.2. The van der Waals surface area contributed by atoms with E-state index in [4.69, 9.17) is 21.1 Å². The Morgan fingerprint density at radius 1 is 1.30 bits per heavy atom. The Labute approximate surface area is 168 Å². The van der Waals surface area contributed by atoms with E-state index in [1.54, 1.807) is 6.92 Å². The van der Waals surface area contributed by atoms with E-state index in [0.717, 1.165) is 26.1 Å². The van der Waals surface area contributed by atoms with Gasteiger partial charge in [-0.1, -0.05) is 29.7 Å². The summed E-state index contributed by atoms with van der Waals surface area (Å²) in [6.45, 7) is 2.09. The highest BCUT2D eigenvalue weighted by atomic mass is 35.5. The zero-order chi connectivity index (χ0) is 19.2. The Balaban J connectivity index is 1.66. The van der Waals surface area contributed by atoms with E-state index in [1.165, 1.54) is 11.3 Å². The van der Waals surface area contributed by atoms with Crippen molar-refractivity contribution in [2.45, 2.75) is 44.5 Å². The fourth-order valence-electron chi connectivity index (χ4n) is 3.11. The van der Waals surface area contributed by atoms with Crippen molar-refractivity contribution in [2.75, 3.05) is 13.2 Å². The molecule has 144 valence electrons. The molecule has 4 nitrogen and oxygen atoms in total. The average molecular weight is 407 g/mol. The van der Waals surface area contributed by atoms with Crippen LogP contribution in [-0.2, 0) is 11.2 Å². The number of rotatable bonds is 6. The molecule has 2 N–H and O–H groups in total. The van der Waals surface area contributed by atoms with Gasteiger partial charge in [0.15, 0.2) is 0 Å². The number of hydrogen-bond acceptors (Lipinski definition) is 5. The maximum Gasteiger partial charge on any atom is 0.149 e. The predicted molar refractivity (Wildman–Crippen MR) is 107 cm³/mol. The average Bonchev–Trinajstić information content (AvgIpc) is 3.03. The highest BCUT2D eigenvalue weighted by Gasteiger charge is 2.30. The van der Waals surface area contributed by atoms with Gasteiger partial charge in [-0.3, -0.25) is 0 Å². The van der Waals surface area contributed by atoms with Gasteiger partial charge in [-0.05, 0) is 42.7 Å². The van der Waals surface area contributed by atoms with Crippen LogP contribution < -0.4 is 4.74 Å². The van der Waals surface area contributed by atoms with Crippen LogP contribution in [0.5, 0.6) is 5.75 Å². The summed E-state index contributed by atoms with van der Waals surface area (Å²) in [4.78, 5) is 0.991. The minimum atomic E-state index is -0.463. The highest BCUT2D eigenvalue weighted by Crippen LogP contribution is 2.39. The fourth-order valence-corrected chi connectivity index (χ4v) is 4.45. The topological polar surface area (TPSA) is 58.9 Å². The van der Waals surface area contributed by atoms with E-state index in [1.807, 2.05) is 30.3 Å². The molecule has 1 fully saturated rings. The van der Waals surface area contributed by atoms with Crippen LogP contribution in [-0.4, -0.2) is 35.6 Å². The van der Waals surface area contributed by atoms with E-state index in [0.29, 0.717) is 25.9 Å². The van der Waals surface area contributed by atoms with Crippen LogP contribution in [0.4, 0.5) is 0 Å². The highest BCUT2D eigenvalue weighted by molar-refractivity contribution is 7.16. The molecule has 1 aliphatic rings. The molecule has 0 aliphatic carbocycles. The Morgan fingerprint density at radius 3 is 2.78 bits per heavy atom. The first-order valence-electron chi connectivity index (χ1n) is 8.93. The smallest absolute Gasteiger partial charge is 0.149 e. The number of hydrogen-bond donors (Lipinski definition) is 2. The Kier molecular flexibility index (Phi) is 7.17. The Hall–Kier alpha value is -1.55. The second kappa shape index (κ2) is 9.59. The fraction of sp³-hybridized carbons (Fsp3) is 0.429. The third-order valence-corrected chi connectivity index (χ3v) is 6.01. The van der Waals surface area contributed by atoms with E-state index in [-0.39, 0.29) is 18.8 Å². The van der Waals surface area contributed by atoms with Crippen LogP contribution in [0.3, 0.4) is 0 Å². The van der Waals surface area contributed by atoms with Crippen molar-refractivity contribution in [2.24, 2.45) is 0 Å². The summed E-state index contributed by atoms with van der Waals surface area (Å²) in [7, 11) is 0. The molecular formula is C21H23ClO4S. The summed E-state index contributed by atoms with van der Waals surface area (Å²) in [5.74, 6) is 6.46. The molecule has 0 bridgehead atoms. The number of aliphatic hydroxyl groups excluding tert-OH is 2. The van der Waals surface area contributed by atoms with Gasteiger partial charge >= 0.3 is 0 Å². The van der Waals surface area contributed by atoms with Gasteiger partial charge in [0.05, 0.1) is 29.3 Å². The molecule has 6 heteroatoms. The molecule has 27 heavy (non-hydrogen) atoms. The summed E-state index contributed by atoms with van der Waals surface area (Å²) in [5.41, 5.74) is 2.17. The minimum absolute atomic E-state index is 0.0855. The van der Waals surface area contributed by atoms with Crippen molar-refractivity contribution in [1.82, 2.24) is 0 Å². The van der Waals surface area contributed by atoms with Crippen LogP contribution in [0.25, 0.3) is 0 Å². The van der Waals surface area contributed by atoms with E-state index >= 15 is 0 Å². The third kappa shape index (κ3) is 5.47. The van der Waals surface area contributed by atoms with Crippen molar-refractivity contribution in [1.29, 1.82) is 0 Å². The lowest BCUT2D eigenvalue weighted by atomic mass is 9.99. The lowest BCUT2D eigenvalue weighted by Crippen LogP contribution is -2.33. The second-order valence-corrected chi connectivity index (χ2v) is 8.22. The minimum Gasteiger partial charge on any atom is -0.481 e. The van der Waals surface area contributed by atoms with Gasteiger partial charge in [0.2, 0.25) is 0 Å². The largest absolute Gasteiger partial charge is 0.481 e. The quantitative estimate of drug-likeness (QED) is 0.713. The summed E-state index contributed by atoms with van der Waals surface area (Å²) in [5, 5.41) is 19.4. The van der Waals surface area contributed by atoms with Gasteiger partial charge in [-0.25, -0.2) is 0 Å². The first-order valence-corrected chi connectivity index (χ1v) is 10.1. The molecule has 3 rings (SSSR count). The Morgan fingerprint density at radius 2 is 2.07 bits per heavy atom. The van der Waals surface area contributed by atoms with Crippen LogP contribution in [0, 0.1) is 11.8 Å². The van der Waals surface area contributed by atoms with Gasteiger partial charge in [0.1, 0.15) is 12.4 Å². The van der Waals surface area contributed by atoms with E-state index in [2.05, 4.69) is 11.8 Å². The normalized spacial score (nSPS) is 22.1. The van der Waals surface area contributed by atoms with E-state index < -0.39 is 6.10 Å². The molecule has 0 amide bonds. The summed E-state index contributed by atoms with van der Waals surface area (Å²) in [6.07, 6.45) is 0.695. The Bertz CT molecular complexity index is 806. The molecule has 2 aromatic rings. The number of aliphatic hydroxyl groups is 2. The van der Waals surface area contributed by atoms with Crippen LogP contribution in [0.1, 0.15) is 41.9 Å². The van der Waals surface area contributed by atoms with Crippen LogP contribution >= 0.6 is 22.9 Å². The molecule has 3 atom stereocenters. The molecule has 1 aliphatic heterocycles. The lowest BCUT2D eigenvalue weighted by Gasteiger charge is -2.31. The SMILES string of the molecule is CC#CCOc1ccc(Cc2cc(C3CC(O)CC(CO)O3)sc2Cl)cc1. The molecule has 0 spiro atoms. The molecule has 2 heterocycles. The maximum atomic E-state index is 10.0. The number of ether oxygens (including phenoxy) is 2. The number of benzene rings is 1. The second-order valence-electron chi connectivity index (χ2n) is 6.54. The van der Waals surface area contributed by atoms with Crippen molar-refractivity contribution >= 4 is 22.9 Å². The summed E-state index contributed by atoms with van der Waals surface area (Å²) < 4.78 is 12.1. The zero-order valence-corrected chi connectivity index (χ0v) is 16.7. The van der Waals surface area contributed by atoms with Gasteiger partial charge in [0, 0.05) is 17.7 Å². The van der Waals surface area contributed by atoms with E-state index in [9.17, 15) is 10.2 Å². The molecular weight excluding hydrogens is 384 g/mol. The van der Waals surface area contributed by atoms with Crippen LogP contribution in [0.2, 0.25) is 4.34 Å². The molecule has 1 aromatic carbocycles. The van der Waals surface area contributed by atoms with Crippen molar-refractivity contribution < 1.29 is 19.7 Å². The molecule has 1 saturated heterocycles. The van der Waals surface area contributed by atoms with Crippen molar-refractivity contribution in [3.63, 3.8) is 0 Å². The standard InChI is InChI=1S/C21H23ClO4S/c1-2-3-8-25-17-6-4-14(5-7-17)9-15-10-20(27-21(15)22)19-12-16(24)11-18(13-23)26-19/h4-7,10,16,18-19,23-24H,8-9,11-13H2,1H3. The summed E-state index contributed by atoms with van der Waals surface area (Å²) >= 11 is 7.93. The number of halogens is 1. The van der Waals surface area contributed by atoms with Crippen molar-refractivity contribution in [3.8, 4) is 17.6 Å². The molecule has 1 aromatic heterocycles. The number of thiophene rings is 1. The lowest BCUT2D eigenvalue weighted by molar-refractivity contribution is -0.112. The molecule has 0 radical (unpaired) electrons. The summed E-state index contributed by atoms with van der Waals surface area (Å²) in [6, 6.07) is 9.95. The third-order valence-electron chi connectivity index (χ3n) is 4.48. The predicted octanol–water partition coefficient (Wildman–Crippen LogP) is 3.97. The molecule has 0 saturated carbocycles. The van der Waals surface area contributed by atoms with Gasteiger partial charge in [0.25, 0.3) is 0 Å². The van der Waals surface area contributed by atoms with Gasteiger partial charge < -0.3 is 19.7 Å². The first-order chi connectivity index (χ1) is 13.1. The maximum absolute atomic E-state index is 10.0. The monoisotopic (exact) mass is 406 g/mol. The molecule has 3 unspecified atom stereocenters. The van der Waals surface area contributed by atoms with Gasteiger partial charge in [-0.15, -0.1) is 17.3 Å². The van der Waals surface area contributed by atoms with Crippen LogP contribution in [0.15, 0.2) is 30.3 Å².